The molecule has 322 valence electrons. The summed E-state index contributed by atoms with van der Waals surface area (Å²) in [4.78, 5) is 74.7. The molecule has 0 unspecified atom stereocenters. The molecule has 2 rings (SSSR count). The molecule has 13 heteroatoms. The lowest BCUT2D eigenvalue weighted by atomic mass is 9.89. The molecule has 1 heterocycles. The van der Waals surface area contributed by atoms with Crippen molar-refractivity contribution in [1.29, 1.82) is 0 Å². The third kappa shape index (κ3) is 13.6. The van der Waals surface area contributed by atoms with Crippen LogP contribution in [-0.4, -0.2) is 128 Å². The van der Waals surface area contributed by atoms with Gasteiger partial charge in [0.25, 0.3) is 0 Å². The summed E-state index contributed by atoms with van der Waals surface area (Å²) in [6.45, 7) is 22.3. The number of hydrogen-bond donors (Lipinski definition) is 3. The van der Waals surface area contributed by atoms with E-state index < -0.39 is 42.3 Å². The number of ether oxygens (including phenoxy) is 2. The summed E-state index contributed by atoms with van der Waals surface area (Å²) in [5, 5.41) is 8.74. The zero-order chi connectivity index (χ0) is 43.1. The minimum atomic E-state index is -0.851. The molecular weight excluding hydrogens is 725 g/mol. The number of benzene rings is 1. The highest BCUT2D eigenvalue weighted by Crippen LogP contribution is 2.30. The maximum Gasteiger partial charge on any atom is 0.247 e. The van der Waals surface area contributed by atoms with Gasteiger partial charge in [0.05, 0.1) is 42.7 Å². The topological polar surface area (TPSA) is 150 Å². The van der Waals surface area contributed by atoms with Crippen molar-refractivity contribution in [3.8, 4) is 0 Å². The number of carbonyl (C=O) groups excluding carboxylic acids is 5. The summed E-state index contributed by atoms with van der Waals surface area (Å²) in [5.41, 5.74) is 1.36. The molecule has 0 radical (unpaired) electrons. The summed E-state index contributed by atoms with van der Waals surface area (Å²) in [5.74, 6) is -2.19. The molecule has 5 amide bonds. The van der Waals surface area contributed by atoms with E-state index in [4.69, 9.17) is 9.47 Å². The van der Waals surface area contributed by atoms with Crippen LogP contribution in [0.2, 0.25) is 0 Å². The van der Waals surface area contributed by atoms with Crippen LogP contribution in [-0.2, 0) is 39.9 Å². The fourth-order valence-electron chi connectivity index (χ4n) is 8.15. The van der Waals surface area contributed by atoms with Crippen LogP contribution in [0.15, 0.2) is 42.6 Å². The Labute approximate surface area is 343 Å². The smallest absolute Gasteiger partial charge is 0.247 e. The predicted molar refractivity (Wildman–Crippen MR) is 225 cm³/mol. The Morgan fingerprint density at radius 1 is 0.895 bits per heavy atom. The Kier molecular flexibility index (Phi) is 20.4. The number of likely N-dealkylation sites (N-methyl/N-ethyl adjacent to an activating group) is 2. The fourth-order valence-corrected chi connectivity index (χ4v) is 8.15. The lowest BCUT2D eigenvalue weighted by Crippen LogP contribution is -2.60. The van der Waals surface area contributed by atoms with E-state index in [9.17, 15) is 24.0 Å². The maximum atomic E-state index is 14.3. The molecule has 0 bridgehead atoms. The second-order valence-corrected chi connectivity index (χ2v) is 16.6. The van der Waals surface area contributed by atoms with E-state index in [1.165, 1.54) is 7.11 Å². The SMILES string of the molecule is C=C(C)NC(=O)[C@H](Cc1ccccc1)NC(=O)[C@H](C)[C@@H](OC)[C@@H]1CCCN1C(=O)C[C@@H](OC)[C@H]([C@@H](C)CC)N(C)C(=O)[C@@H](NC(=O)[C@H](C(C)C)N(C)CC)C(C)C. The highest BCUT2D eigenvalue weighted by molar-refractivity contribution is 5.91. The molecule has 1 aromatic carbocycles. The molecular formula is C44H74N6O7. The lowest BCUT2D eigenvalue weighted by Gasteiger charge is -2.41. The van der Waals surface area contributed by atoms with Crippen molar-refractivity contribution in [2.75, 3.05) is 41.4 Å². The first-order chi connectivity index (χ1) is 26.8. The van der Waals surface area contributed by atoms with Gasteiger partial charge in [-0.2, -0.15) is 0 Å². The van der Waals surface area contributed by atoms with E-state index in [0.717, 1.165) is 18.4 Å². The molecule has 9 atom stereocenters. The van der Waals surface area contributed by atoms with E-state index in [-0.39, 0.29) is 66.2 Å². The van der Waals surface area contributed by atoms with Crippen molar-refractivity contribution in [2.24, 2.45) is 23.7 Å². The normalized spacial score (nSPS) is 18.6. The number of allylic oxidation sites excluding steroid dienone is 1. The van der Waals surface area contributed by atoms with Crippen LogP contribution in [0.25, 0.3) is 0 Å². The van der Waals surface area contributed by atoms with Crippen molar-refractivity contribution < 1.29 is 33.4 Å². The number of nitrogens with one attached hydrogen (secondary N) is 3. The van der Waals surface area contributed by atoms with Crippen LogP contribution < -0.4 is 16.0 Å². The van der Waals surface area contributed by atoms with Crippen LogP contribution in [0.1, 0.15) is 93.6 Å². The highest BCUT2D eigenvalue weighted by atomic mass is 16.5. The first-order valence-electron chi connectivity index (χ1n) is 20.8. The van der Waals surface area contributed by atoms with Gasteiger partial charge >= 0.3 is 0 Å². The van der Waals surface area contributed by atoms with Gasteiger partial charge < -0.3 is 35.2 Å². The molecule has 1 fully saturated rings. The van der Waals surface area contributed by atoms with Crippen LogP contribution >= 0.6 is 0 Å². The zero-order valence-electron chi connectivity index (χ0n) is 37.1. The first kappa shape index (κ1) is 49.3. The summed E-state index contributed by atoms with van der Waals surface area (Å²) in [6, 6.07) is 6.58. The van der Waals surface area contributed by atoms with Gasteiger partial charge in [0.1, 0.15) is 12.1 Å². The monoisotopic (exact) mass is 799 g/mol. The van der Waals surface area contributed by atoms with Gasteiger partial charge in [-0.05, 0) is 56.7 Å². The molecule has 3 N–H and O–H groups in total. The predicted octanol–water partition coefficient (Wildman–Crippen LogP) is 4.40. The number of hydrogen-bond acceptors (Lipinski definition) is 8. The Morgan fingerprint density at radius 2 is 1.53 bits per heavy atom. The Bertz CT molecular complexity index is 1470. The Balaban J connectivity index is 2.31. The van der Waals surface area contributed by atoms with Crippen molar-refractivity contribution in [2.45, 2.75) is 137 Å². The standard InChI is InChI=1S/C44H74N6O7/c1-15-30(9)39(49(12)44(55)37(27(3)4)47-43(54)38(28(5)6)48(11)16-2)35(56-13)26-36(51)50-24-20-23-34(50)40(57-14)31(10)41(52)46-33(42(53)45-29(7)8)25-32-21-18-17-19-22-32/h17-19,21-22,27-28,30-31,33-35,37-40H,7,15-16,20,23-26H2,1-6,8-14H3,(H,45,53)(H,46,52)(H,47,54)/t30-,31+,33-,34-,35+,37-,38-,39-,40+/m0/s1. The minimum absolute atomic E-state index is 0.00624. The van der Waals surface area contributed by atoms with Crippen LogP contribution in [0.3, 0.4) is 0 Å². The van der Waals surface area contributed by atoms with E-state index in [1.807, 2.05) is 90.7 Å². The zero-order valence-corrected chi connectivity index (χ0v) is 37.1. The second kappa shape index (κ2) is 23.6. The third-order valence-electron chi connectivity index (χ3n) is 11.6. The minimum Gasteiger partial charge on any atom is -0.379 e. The summed E-state index contributed by atoms with van der Waals surface area (Å²) in [6.07, 6.45) is 1.09. The fraction of sp³-hybridized carbons (Fsp3) is 0.705. The van der Waals surface area contributed by atoms with Gasteiger partial charge in [-0.25, -0.2) is 0 Å². The molecule has 1 saturated heterocycles. The average Bonchev–Trinajstić information content (AvgIpc) is 3.65. The second-order valence-electron chi connectivity index (χ2n) is 16.6. The van der Waals surface area contributed by atoms with Gasteiger partial charge in [0, 0.05) is 39.9 Å². The van der Waals surface area contributed by atoms with Crippen LogP contribution in [0, 0.1) is 23.7 Å². The van der Waals surface area contributed by atoms with Gasteiger partial charge in [0.2, 0.25) is 29.5 Å². The third-order valence-corrected chi connectivity index (χ3v) is 11.6. The molecule has 0 aromatic heterocycles. The molecule has 0 saturated carbocycles. The molecule has 0 aliphatic carbocycles. The van der Waals surface area contributed by atoms with Crippen molar-refractivity contribution >= 4 is 29.5 Å². The molecule has 57 heavy (non-hydrogen) atoms. The quantitative estimate of drug-likeness (QED) is 0.148. The van der Waals surface area contributed by atoms with Gasteiger partial charge in [-0.1, -0.05) is 98.7 Å². The van der Waals surface area contributed by atoms with Crippen molar-refractivity contribution in [3.63, 3.8) is 0 Å². The summed E-state index contributed by atoms with van der Waals surface area (Å²) < 4.78 is 12.0. The number of rotatable bonds is 23. The van der Waals surface area contributed by atoms with Gasteiger partial charge in [-0.15, -0.1) is 0 Å². The number of amides is 5. The Morgan fingerprint density at radius 3 is 2.04 bits per heavy atom. The van der Waals surface area contributed by atoms with Crippen LogP contribution in [0.4, 0.5) is 0 Å². The van der Waals surface area contributed by atoms with Crippen LogP contribution in [0.5, 0.6) is 0 Å². The van der Waals surface area contributed by atoms with Gasteiger partial charge in [-0.3, -0.25) is 28.9 Å². The molecule has 1 aliphatic rings. The molecule has 1 aliphatic heterocycles. The number of likely N-dealkylation sites (tertiary alicyclic amines) is 1. The van der Waals surface area contributed by atoms with Crippen molar-refractivity contribution in [3.05, 3.63) is 48.2 Å². The molecule has 1 aromatic rings. The molecule has 0 spiro atoms. The van der Waals surface area contributed by atoms with E-state index in [1.54, 1.807) is 37.8 Å². The van der Waals surface area contributed by atoms with E-state index >= 15 is 0 Å². The summed E-state index contributed by atoms with van der Waals surface area (Å²) >= 11 is 0. The Hall–Kier alpha value is -3.81. The van der Waals surface area contributed by atoms with E-state index in [2.05, 4.69) is 22.5 Å². The average molecular weight is 799 g/mol. The lowest BCUT2D eigenvalue weighted by molar-refractivity contribution is -0.148. The van der Waals surface area contributed by atoms with E-state index in [0.29, 0.717) is 25.2 Å². The van der Waals surface area contributed by atoms with Gasteiger partial charge in [0.15, 0.2) is 0 Å². The summed E-state index contributed by atoms with van der Waals surface area (Å²) in [7, 11) is 6.74. The number of methoxy groups -OCH3 is 2. The first-order valence-corrected chi connectivity index (χ1v) is 20.8. The largest absolute Gasteiger partial charge is 0.379 e. The molecule has 13 nitrogen and oxygen atoms in total. The highest BCUT2D eigenvalue weighted by Gasteiger charge is 2.43. The number of carbonyl (C=O) groups is 5. The maximum absolute atomic E-state index is 14.3. The number of nitrogens with zero attached hydrogens (tertiary/aromatic N) is 3. The van der Waals surface area contributed by atoms with Crippen molar-refractivity contribution in [1.82, 2.24) is 30.7 Å².